The quantitative estimate of drug-likeness (QED) is 0.626. The molecule has 1 aromatic rings. The standard InChI is InChI=1S/C12H14F2S2/c13-9-2-3-11(10(14)6-9)16-8-12(7-15)4-1-5-12/h2-3,6,15H,1,4-5,7-8H2. The second-order valence-corrected chi connectivity index (χ2v) is 5.71. The van der Waals surface area contributed by atoms with Crippen molar-refractivity contribution in [3.8, 4) is 0 Å². The predicted octanol–water partition coefficient (Wildman–Crippen LogP) is 4.16. The number of thiol groups is 1. The van der Waals surface area contributed by atoms with Gasteiger partial charge < -0.3 is 0 Å². The Labute approximate surface area is 104 Å². The van der Waals surface area contributed by atoms with Crippen molar-refractivity contribution < 1.29 is 8.78 Å². The summed E-state index contributed by atoms with van der Waals surface area (Å²) in [6.07, 6.45) is 3.59. The van der Waals surface area contributed by atoms with Crippen molar-refractivity contribution in [3.05, 3.63) is 29.8 Å². The zero-order valence-corrected chi connectivity index (χ0v) is 10.6. The molecule has 0 nitrogen and oxygen atoms in total. The molecule has 0 atom stereocenters. The Balaban J connectivity index is 1.99. The summed E-state index contributed by atoms with van der Waals surface area (Å²) in [4.78, 5) is 0.537. The molecule has 88 valence electrons. The Morgan fingerprint density at radius 3 is 2.56 bits per heavy atom. The van der Waals surface area contributed by atoms with Crippen LogP contribution < -0.4 is 0 Å². The highest BCUT2D eigenvalue weighted by molar-refractivity contribution is 7.99. The van der Waals surface area contributed by atoms with Gasteiger partial charge in [-0.1, -0.05) is 6.42 Å². The van der Waals surface area contributed by atoms with Gasteiger partial charge in [-0.25, -0.2) is 8.78 Å². The fraction of sp³-hybridized carbons (Fsp3) is 0.500. The smallest absolute Gasteiger partial charge is 0.139 e. The third kappa shape index (κ3) is 2.54. The van der Waals surface area contributed by atoms with Gasteiger partial charge in [0, 0.05) is 16.7 Å². The van der Waals surface area contributed by atoms with E-state index in [1.165, 1.54) is 43.2 Å². The van der Waals surface area contributed by atoms with Crippen molar-refractivity contribution >= 4 is 24.4 Å². The van der Waals surface area contributed by atoms with Crippen molar-refractivity contribution in [2.24, 2.45) is 5.41 Å². The van der Waals surface area contributed by atoms with Crippen LogP contribution in [0.5, 0.6) is 0 Å². The summed E-state index contributed by atoms with van der Waals surface area (Å²) in [7, 11) is 0. The zero-order valence-electron chi connectivity index (χ0n) is 8.88. The lowest BCUT2D eigenvalue weighted by atomic mass is 9.72. The van der Waals surface area contributed by atoms with Crippen molar-refractivity contribution in [1.29, 1.82) is 0 Å². The minimum absolute atomic E-state index is 0.272. The monoisotopic (exact) mass is 260 g/mol. The van der Waals surface area contributed by atoms with Crippen LogP contribution in [-0.2, 0) is 0 Å². The molecule has 0 radical (unpaired) electrons. The van der Waals surface area contributed by atoms with Crippen LogP contribution in [0.15, 0.2) is 23.1 Å². The van der Waals surface area contributed by atoms with Crippen molar-refractivity contribution in [1.82, 2.24) is 0 Å². The molecule has 0 N–H and O–H groups in total. The van der Waals surface area contributed by atoms with E-state index in [-0.39, 0.29) is 5.41 Å². The molecular weight excluding hydrogens is 246 g/mol. The number of hydrogen-bond acceptors (Lipinski definition) is 2. The van der Waals surface area contributed by atoms with E-state index >= 15 is 0 Å². The Kier molecular flexibility index (Phi) is 3.80. The molecular formula is C12H14F2S2. The number of benzene rings is 1. The fourth-order valence-electron chi connectivity index (χ4n) is 1.85. The molecule has 0 spiro atoms. The van der Waals surface area contributed by atoms with Gasteiger partial charge in [0.15, 0.2) is 0 Å². The summed E-state index contributed by atoms with van der Waals surface area (Å²) in [5.41, 5.74) is 0.272. The van der Waals surface area contributed by atoms with Gasteiger partial charge in [-0.3, -0.25) is 0 Å². The summed E-state index contributed by atoms with van der Waals surface area (Å²) in [5.74, 6) is 0.745. The van der Waals surface area contributed by atoms with Crippen molar-refractivity contribution in [2.45, 2.75) is 24.2 Å². The summed E-state index contributed by atoms with van der Waals surface area (Å²) in [6, 6.07) is 3.76. The number of rotatable bonds is 4. The molecule has 4 heteroatoms. The highest BCUT2D eigenvalue weighted by atomic mass is 32.2. The molecule has 1 saturated carbocycles. The van der Waals surface area contributed by atoms with Gasteiger partial charge in [0.2, 0.25) is 0 Å². The maximum Gasteiger partial charge on any atom is 0.139 e. The zero-order chi connectivity index (χ0) is 11.6. The van der Waals surface area contributed by atoms with E-state index < -0.39 is 11.6 Å². The molecule has 0 aromatic heterocycles. The second kappa shape index (κ2) is 4.96. The first-order valence-electron chi connectivity index (χ1n) is 5.34. The molecule has 16 heavy (non-hydrogen) atoms. The lowest BCUT2D eigenvalue weighted by Gasteiger charge is -2.40. The number of thioether (sulfide) groups is 1. The highest BCUT2D eigenvalue weighted by Crippen LogP contribution is 2.45. The van der Waals surface area contributed by atoms with E-state index in [2.05, 4.69) is 12.6 Å². The molecule has 1 aromatic carbocycles. The Bertz CT molecular complexity index is 370. The number of hydrogen-bond donors (Lipinski definition) is 1. The van der Waals surface area contributed by atoms with E-state index in [4.69, 9.17) is 0 Å². The Morgan fingerprint density at radius 2 is 2.06 bits per heavy atom. The van der Waals surface area contributed by atoms with Gasteiger partial charge in [0.25, 0.3) is 0 Å². The SMILES string of the molecule is Fc1ccc(SCC2(CS)CCC2)c(F)c1. The van der Waals surface area contributed by atoms with E-state index in [1.54, 1.807) is 0 Å². The van der Waals surface area contributed by atoms with Crippen LogP contribution in [0, 0.1) is 17.0 Å². The second-order valence-electron chi connectivity index (χ2n) is 4.38. The van der Waals surface area contributed by atoms with Gasteiger partial charge in [-0.15, -0.1) is 11.8 Å². The number of halogens is 2. The molecule has 0 saturated heterocycles. The molecule has 1 aliphatic rings. The summed E-state index contributed by atoms with van der Waals surface area (Å²) in [6.45, 7) is 0. The van der Waals surface area contributed by atoms with Crippen LogP contribution in [0.2, 0.25) is 0 Å². The van der Waals surface area contributed by atoms with Gasteiger partial charge >= 0.3 is 0 Å². The third-order valence-electron chi connectivity index (χ3n) is 3.18. The normalized spacial score (nSPS) is 18.2. The van der Waals surface area contributed by atoms with Crippen LogP contribution >= 0.6 is 24.4 Å². The molecule has 0 amide bonds. The summed E-state index contributed by atoms with van der Waals surface area (Å²) >= 11 is 5.83. The van der Waals surface area contributed by atoms with Crippen LogP contribution in [-0.4, -0.2) is 11.5 Å². The molecule has 1 aliphatic carbocycles. The van der Waals surface area contributed by atoms with E-state index in [9.17, 15) is 8.78 Å². The van der Waals surface area contributed by atoms with E-state index in [0.29, 0.717) is 4.90 Å². The van der Waals surface area contributed by atoms with Crippen LogP contribution in [0.4, 0.5) is 8.78 Å². The maximum atomic E-state index is 13.4. The lowest BCUT2D eigenvalue weighted by molar-refractivity contribution is 0.205. The van der Waals surface area contributed by atoms with Gasteiger partial charge in [0.1, 0.15) is 11.6 Å². The lowest BCUT2D eigenvalue weighted by Crippen LogP contribution is -2.33. The first-order valence-corrected chi connectivity index (χ1v) is 6.96. The molecule has 2 rings (SSSR count). The van der Waals surface area contributed by atoms with Crippen LogP contribution in [0.3, 0.4) is 0 Å². The first kappa shape index (κ1) is 12.2. The predicted molar refractivity (Wildman–Crippen MR) is 67.2 cm³/mol. The van der Waals surface area contributed by atoms with Gasteiger partial charge in [0.05, 0.1) is 0 Å². The first-order chi connectivity index (χ1) is 7.65. The average Bonchev–Trinajstić information content (AvgIpc) is 2.19. The summed E-state index contributed by atoms with van der Waals surface area (Å²) in [5, 5.41) is 0. The van der Waals surface area contributed by atoms with Crippen LogP contribution in [0.25, 0.3) is 0 Å². The molecule has 0 aliphatic heterocycles. The fourth-order valence-corrected chi connectivity index (χ4v) is 3.64. The Hall–Kier alpha value is -0.220. The Morgan fingerprint density at radius 1 is 1.31 bits per heavy atom. The minimum Gasteiger partial charge on any atom is -0.207 e. The average molecular weight is 260 g/mol. The highest BCUT2D eigenvalue weighted by Gasteiger charge is 2.35. The van der Waals surface area contributed by atoms with Crippen molar-refractivity contribution in [3.63, 3.8) is 0 Å². The van der Waals surface area contributed by atoms with Gasteiger partial charge in [-0.2, -0.15) is 12.6 Å². The minimum atomic E-state index is -0.519. The molecule has 1 fully saturated rings. The van der Waals surface area contributed by atoms with Crippen LogP contribution in [0.1, 0.15) is 19.3 Å². The molecule has 0 heterocycles. The molecule has 0 unspecified atom stereocenters. The van der Waals surface area contributed by atoms with E-state index in [1.807, 2.05) is 0 Å². The van der Waals surface area contributed by atoms with Gasteiger partial charge in [-0.05, 0) is 36.1 Å². The maximum absolute atomic E-state index is 13.4. The largest absolute Gasteiger partial charge is 0.207 e. The molecule has 0 bridgehead atoms. The van der Waals surface area contributed by atoms with E-state index in [0.717, 1.165) is 17.6 Å². The third-order valence-corrected chi connectivity index (χ3v) is 5.25. The topological polar surface area (TPSA) is 0 Å². The van der Waals surface area contributed by atoms with Crippen molar-refractivity contribution in [2.75, 3.05) is 11.5 Å². The summed E-state index contributed by atoms with van der Waals surface area (Å²) < 4.78 is 26.1.